The number of aliphatic hydroxyl groups excluding tert-OH is 1. The van der Waals surface area contributed by atoms with Crippen LogP contribution in [0.4, 0.5) is 0 Å². The highest BCUT2D eigenvalue weighted by Crippen LogP contribution is 2.26. The van der Waals surface area contributed by atoms with Crippen LogP contribution in [0, 0.1) is 5.92 Å². The molecule has 2 unspecified atom stereocenters. The molecule has 1 aliphatic rings. The van der Waals surface area contributed by atoms with Gasteiger partial charge in [-0.2, -0.15) is 0 Å². The quantitative estimate of drug-likeness (QED) is 0.928. The number of aliphatic hydroxyl groups is 1. The SMILES string of the molecule is CN(CC1CCCC1O)C(=O)c1ccc(OC(C)(C)C)nc1. The molecule has 5 nitrogen and oxygen atoms in total. The van der Waals surface area contributed by atoms with Gasteiger partial charge >= 0.3 is 0 Å². The van der Waals surface area contributed by atoms with Crippen molar-refractivity contribution in [1.82, 2.24) is 9.88 Å². The van der Waals surface area contributed by atoms with E-state index in [4.69, 9.17) is 4.74 Å². The normalized spacial score (nSPS) is 21.7. The summed E-state index contributed by atoms with van der Waals surface area (Å²) < 4.78 is 5.65. The molecule has 0 saturated heterocycles. The minimum atomic E-state index is -0.312. The molecule has 0 spiro atoms. The molecule has 1 saturated carbocycles. The molecule has 1 heterocycles. The molecule has 1 aliphatic carbocycles. The highest BCUT2D eigenvalue weighted by Gasteiger charge is 2.27. The van der Waals surface area contributed by atoms with Gasteiger partial charge in [-0.15, -0.1) is 0 Å². The molecule has 1 amide bonds. The van der Waals surface area contributed by atoms with Crippen LogP contribution in [0.25, 0.3) is 0 Å². The van der Waals surface area contributed by atoms with Crippen molar-refractivity contribution in [2.24, 2.45) is 5.92 Å². The number of carbonyl (C=O) groups is 1. The van der Waals surface area contributed by atoms with Crippen LogP contribution in [0.3, 0.4) is 0 Å². The van der Waals surface area contributed by atoms with Gasteiger partial charge in [0, 0.05) is 31.8 Å². The zero-order chi connectivity index (χ0) is 16.3. The van der Waals surface area contributed by atoms with Crippen molar-refractivity contribution in [3.8, 4) is 5.88 Å². The van der Waals surface area contributed by atoms with Crippen molar-refractivity contribution in [3.05, 3.63) is 23.9 Å². The second-order valence-corrected chi connectivity index (χ2v) is 7.04. The summed E-state index contributed by atoms with van der Waals surface area (Å²) in [6, 6.07) is 3.45. The number of nitrogens with zero attached hydrogens (tertiary/aromatic N) is 2. The van der Waals surface area contributed by atoms with Gasteiger partial charge in [-0.05, 0) is 39.7 Å². The van der Waals surface area contributed by atoms with E-state index in [1.54, 1.807) is 30.3 Å². The van der Waals surface area contributed by atoms with Crippen molar-refractivity contribution >= 4 is 5.91 Å². The Hall–Kier alpha value is -1.62. The topological polar surface area (TPSA) is 62.7 Å². The molecule has 0 aliphatic heterocycles. The Kier molecular flexibility index (Phi) is 5.06. The number of hydrogen-bond donors (Lipinski definition) is 1. The van der Waals surface area contributed by atoms with Crippen molar-refractivity contribution in [2.45, 2.75) is 51.7 Å². The fourth-order valence-electron chi connectivity index (χ4n) is 2.77. The van der Waals surface area contributed by atoms with Crippen LogP contribution in [-0.4, -0.2) is 46.2 Å². The van der Waals surface area contributed by atoms with Gasteiger partial charge in [-0.1, -0.05) is 6.42 Å². The first-order valence-corrected chi connectivity index (χ1v) is 7.85. The number of rotatable bonds is 4. The lowest BCUT2D eigenvalue weighted by Crippen LogP contribution is -2.34. The van der Waals surface area contributed by atoms with E-state index in [-0.39, 0.29) is 23.5 Å². The molecular weight excluding hydrogens is 280 g/mol. The number of carbonyl (C=O) groups excluding carboxylic acids is 1. The average Bonchev–Trinajstić information content (AvgIpc) is 2.82. The van der Waals surface area contributed by atoms with Crippen molar-refractivity contribution in [2.75, 3.05) is 13.6 Å². The van der Waals surface area contributed by atoms with Crippen molar-refractivity contribution in [3.63, 3.8) is 0 Å². The summed E-state index contributed by atoms with van der Waals surface area (Å²) in [4.78, 5) is 18.3. The molecule has 0 bridgehead atoms. The van der Waals surface area contributed by atoms with Gasteiger partial charge in [0.1, 0.15) is 5.60 Å². The van der Waals surface area contributed by atoms with Crippen LogP contribution < -0.4 is 4.74 Å². The van der Waals surface area contributed by atoms with Gasteiger partial charge in [-0.25, -0.2) is 4.98 Å². The largest absolute Gasteiger partial charge is 0.472 e. The lowest BCUT2D eigenvalue weighted by molar-refractivity contribution is 0.0693. The first kappa shape index (κ1) is 16.7. The van der Waals surface area contributed by atoms with E-state index in [2.05, 4.69) is 4.98 Å². The van der Waals surface area contributed by atoms with E-state index < -0.39 is 0 Å². The summed E-state index contributed by atoms with van der Waals surface area (Å²) in [5.74, 6) is 0.622. The maximum absolute atomic E-state index is 12.4. The fourth-order valence-corrected chi connectivity index (χ4v) is 2.77. The predicted molar refractivity (Wildman–Crippen MR) is 84.9 cm³/mol. The smallest absolute Gasteiger partial charge is 0.255 e. The number of hydrogen-bond acceptors (Lipinski definition) is 4. The zero-order valence-corrected chi connectivity index (χ0v) is 13.9. The number of aromatic nitrogens is 1. The molecular formula is C17H26N2O3. The van der Waals surface area contributed by atoms with Crippen LogP contribution >= 0.6 is 0 Å². The molecule has 1 fully saturated rings. The Labute approximate surface area is 132 Å². The molecule has 2 rings (SSSR count). The van der Waals surface area contributed by atoms with E-state index in [0.29, 0.717) is 18.0 Å². The van der Waals surface area contributed by atoms with E-state index in [9.17, 15) is 9.90 Å². The molecule has 0 radical (unpaired) electrons. The Morgan fingerprint density at radius 1 is 1.41 bits per heavy atom. The lowest BCUT2D eigenvalue weighted by Gasteiger charge is -2.23. The third kappa shape index (κ3) is 4.44. The Balaban J connectivity index is 1.96. The monoisotopic (exact) mass is 306 g/mol. The first-order chi connectivity index (χ1) is 10.3. The highest BCUT2D eigenvalue weighted by atomic mass is 16.5. The lowest BCUT2D eigenvalue weighted by atomic mass is 10.1. The molecule has 22 heavy (non-hydrogen) atoms. The maximum Gasteiger partial charge on any atom is 0.255 e. The molecule has 1 N–H and O–H groups in total. The van der Waals surface area contributed by atoms with Crippen LogP contribution in [-0.2, 0) is 0 Å². The Morgan fingerprint density at radius 2 is 2.14 bits per heavy atom. The predicted octanol–water partition coefficient (Wildman–Crippen LogP) is 2.49. The molecule has 1 aromatic rings. The summed E-state index contributed by atoms with van der Waals surface area (Å²) >= 11 is 0. The van der Waals surface area contributed by atoms with Gasteiger partial charge in [0.2, 0.25) is 5.88 Å². The number of ether oxygens (including phenoxy) is 1. The first-order valence-electron chi connectivity index (χ1n) is 7.85. The maximum atomic E-state index is 12.4. The van der Waals surface area contributed by atoms with Gasteiger partial charge in [0.05, 0.1) is 11.7 Å². The van der Waals surface area contributed by atoms with E-state index >= 15 is 0 Å². The van der Waals surface area contributed by atoms with Crippen molar-refractivity contribution in [1.29, 1.82) is 0 Å². The number of amides is 1. The third-order valence-electron chi connectivity index (χ3n) is 3.87. The molecule has 1 aromatic heterocycles. The van der Waals surface area contributed by atoms with Gasteiger partial charge in [0.25, 0.3) is 5.91 Å². The molecule has 0 aromatic carbocycles. The summed E-state index contributed by atoms with van der Waals surface area (Å²) in [7, 11) is 1.77. The molecule has 5 heteroatoms. The Morgan fingerprint density at radius 3 is 2.64 bits per heavy atom. The van der Waals surface area contributed by atoms with Gasteiger partial charge in [0.15, 0.2) is 0 Å². The van der Waals surface area contributed by atoms with Crippen molar-refractivity contribution < 1.29 is 14.6 Å². The highest BCUT2D eigenvalue weighted by molar-refractivity contribution is 5.93. The zero-order valence-electron chi connectivity index (χ0n) is 13.9. The van der Waals surface area contributed by atoms with Crippen LogP contribution in [0.2, 0.25) is 0 Å². The van der Waals surface area contributed by atoms with Crippen LogP contribution in [0.1, 0.15) is 50.4 Å². The summed E-state index contributed by atoms with van der Waals surface area (Å²) in [6.45, 7) is 6.44. The second-order valence-electron chi connectivity index (χ2n) is 7.04. The van der Waals surface area contributed by atoms with Gasteiger partial charge in [-0.3, -0.25) is 4.79 Å². The molecule has 122 valence electrons. The van der Waals surface area contributed by atoms with E-state index in [1.165, 1.54) is 0 Å². The summed E-state index contributed by atoms with van der Waals surface area (Å²) in [6.07, 6.45) is 4.12. The van der Waals surface area contributed by atoms with E-state index in [0.717, 1.165) is 19.3 Å². The molecule has 2 atom stereocenters. The average molecular weight is 306 g/mol. The Bertz CT molecular complexity index is 508. The minimum absolute atomic E-state index is 0.0751. The van der Waals surface area contributed by atoms with E-state index in [1.807, 2.05) is 20.8 Å². The van der Waals surface area contributed by atoms with Crippen LogP contribution in [0.15, 0.2) is 18.3 Å². The minimum Gasteiger partial charge on any atom is -0.472 e. The summed E-state index contributed by atoms with van der Waals surface area (Å²) in [5, 5.41) is 9.87. The number of pyridine rings is 1. The summed E-state index contributed by atoms with van der Waals surface area (Å²) in [5.41, 5.74) is 0.227. The third-order valence-corrected chi connectivity index (χ3v) is 3.87. The van der Waals surface area contributed by atoms with Gasteiger partial charge < -0.3 is 14.7 Å². The standard InChI is InChI=1S/C17H26N2O3/c1-17(2,3)22-15-9-8-12(10-18-15)16(21)19(4)11-13-6-5-7-14(13)20/h8-10,13-14,20H,5-7,11H2,1-4H3. The van der Waals surface area contributed by atoms with Crippen LogP contribution in [0.5, 0.6) is 5.88 Å². The second kappa shape index (κ2) is 6.65. The fraction of sp³-hybridized carbons (Fsp3) is 0.647.